The highest BCUT2D eigenvalue weighted by molar-refractivity contribution is 7.80. The van der Waals surface area contributed by atoms with E-state index in [1.807, 2.05) is 0 Å². The molecule has 1 atom stereocenters. The summed E-state index contributed by atoms with van der Waals surface area (Å²) in [5.74, 6) is -0.393. The number of nitro benzene ring substituents is 1. The number of nitro groups is 1. The van der Waals surface area contributed by atoms with Crippen molar-refractivity contribution >= 4 is 34.6 Å². The molecule has 1 amide bonds. The maximum absolute atomic E-state index is 11.3. The molecule has 0 aromatic heterocycles. The van der Waals surface area contributed by atoms with E-state index in [2.05, 4.69) is 5.32 Å². The molecule has 1 aromatic rings. The van der Waals surface area contributed by atoms with Gasteiger partial charge in [0.15, 0.2) is 5.11 Å². The summed E-state index contributed by atoms with van der Waals surface area (Å²) in [6, 6.07) is 5.54. The lowest BCUT2D eigenvalue weighted by molar-refractivity contribution is -0.384. The first-order chi connectivity index (χ1) is 9.49. The molecule has 0 bridgehead atoms. The lowest BCUT2D eigenvalue weighted by Crippen LogP contribution is -2.45. The quantitative estimate of drug-likeness (QED) is 0.494. The van der Waals surface area contributed by atoms with Gasteiger partial charge in [-0.3, -0.25) is 14.9 Å². The molecule has 3 N–H and O–H groups in total. The van der Waals surface area contributed by atoms with Crippen LogP contribution in [0.15, 0.2) is 24.3 Å². The number of anilines is 1. The SMILES string of the molecule is NC(=O)[C@@H]1CCCN1C(=S)Nc1ccc([N+](=O)[O-])cc1. The van der Waals surface area contributed by atoms with E-state index in [4.69, 9.17) is 18.0 Å². The zero-order chi connectivity index (χ0) is 14.7. The third kappa shape index (κ3) is 3.02. The van der Waals surface area contributed by atoms with Crippen molar-refractivity contribution in [1.29, 1.82) is 0 Å². The molecule has 1 aromatic carbocycles. The van der Waals surface area contributed by atoms with Crippen LogP contribution in [-0.2, 0) is 4.79 Å². The number of likely N-dealkylation sites (tertiary alicyclic amines) is 1. The first-order valence-corrected chi connectivity index (χ1v) is 6.51. The number of nitrogens with two attached hydrogens (primary N) is 1. The molecule has 1 fully saturated rings. The molecular weight excluding hydrogens is 280 g/mol. The van der Waals surface area contributed by atoms with Gasteiger partial charge in [0.05, 0.1) is 4.92 Å². The molecule has 0 aliphatic carbocycles. The summed E-state index contributed by atoms with van der Waals surface area (Å²) < 4.78 is 0. The van der Waals surface area contributed by atoms with E-state index < -0.39 is 10.8 Å². The molecule has 2 rings (SSSR count). The van der Waals surface area contributed by atoms with E-state index in [1.54, 1.807) is 17.0 Å². The number of hydrogen-bond donors (Lipinski definition) is 2. The van der Waals surface area contributed by atoms with Crippen LogP contribution in [0.1, 0.15) is 12.8 Å². The molecule has 0 saturated carbocycles. The fourth-order valence-corrected chi connectivity index (χ4v) is 2.50. The number of primary amides is 1. The minimum Gasteiger partial charge on any atom is -0.368 e. The summed E-state index contributed by atoms with van der Waals surface area (Å²) in [5, 5.41) is 13.9. The number of nitrogens with zero attached hydrogens (tertiary/aromatic N) is 2. The van der Waals surface area contributed by atoms with Crippen LogP contribution in [0.3, 0.4) is 0 Å². The van der Waals surface area contributed by atoms with E-state index in [0.29, 0.717) is 23.8 Å². The Hall–Kier alpha value is -2.22. The normalized spacial score (nSPS) is 17.8. The lowest BCUT2D eigenvalue weighted by atomic mass is 10.2. The Kier molecular flexibility index (Phi) is 4.14. The topological polar surface area (TPSA) is 102 Å². The van der Waals surface area contributed by atoms with Gasteiger partial charge in [0.25, 0.3) is 5.69 Å². The molecule has 0 spiro atoms. The van der Waals surface area contributed by atoms with Gasteiger partial charge < -0.3 is 16.0 Å². The van der Waals surface area contributed by atoms with E-state index >= 15 is 0 Å². The second-order valence-electron chi connectivity index (χ2n) is 4.49. The van der Waals surface area contributed by atoms with Gasteiger partial charge in [-0.15, -0.1) is 0 Å². The van der Waals surface area contributed by atoms with Crippen LogP contribution >= 0.6 is 12.2 Å². The van der Waals surface area contributed by atoms with Gasteiger partial charge in [0.2, 0.25) is 5.91 Å². The number of hydrogen-bond acceptors (Lipinski definition) is 4. The predicted octanol–water partition coefficient (Wildman–Crippen LogP) is 1.24. The summed E-state index contributed by atoms with van der Waals surface area (Å²) in [7, 11) is 0. The number of non-ortho nitro benzene ring substituents is 1. The predicted molar refractivity (Wildman–Crippen MR) is 78.2 cm³/mol. The summed E-state index contributed by atoms with van der Waals surface area (Å²) in [5.41, 5.74) is 5.98. The van der Waals surface area contributed by atoms with Crippen molar-refractivity contribution in [3.8, 4) is 0 Å². The second kappa shape index (κ2) is 5.83. The third-order valence-electron chi connectivity index (χ3n) is 3.17. The third-order valence-corrected chi connectivity index (χ3v) is 3.51. The Bertz CT molecular complexity index is 546. The first kappa shape index (κ1) is 14.2. The fourth-order valence-electron chi connectivity index (χ4n) is 2.17. The zero-order valence-corrected chi connectivity index (χ0v) is 11.4. The Labute approximate surface area is 120 Å². The minimum atomic E-state index is -0.467. The summed E-state index contributed by atoms with van der Waals surface area (Å²) in [6.07, 6.45) is 1.55. The minimum absolute atomic E-state index is 0.0117. The van der Waals surface area contributed by atoms with E-state index in [1.165, 1.54) is 12.1 Å². The maximum Gasteiger partial charge on any atom is 0.269 e. The lowest BCUT2D eigenvalue weighted by Gasteiger charge is -2.25. The molecule has 1 aliphatic rings. The van der Waals surface area contributed by atoms with E-state index in [-0.39, 0.29) is 11.7 Å². The standard InChI is InChI=1S/C12H14N4O3S/c13-11(17)10-2-1-7-15(10)12(20)14-8-3-5-9(6-4-8)16(18)19/h3-6,10H,1-2,7H2,(H2,13,17)(H,14,20)/t10-/m0/s1. The molecule has 0 unspecified atom stereocenters. The van der Waals surface area contributed by atoms with Gasteiger partial charge in [0, 0.05) is 24.4 Å². The number of benzene rings is 1. The highest BCUT2D eigenvalue weighted by Crippen LogP contribution is 2.20. The number of rotatable bonds is 3. The monoisotopic (exact) mass is 294 g/mol. The number of carbonyl (C=O) groups is 1. The maximum atomic E-state index is 11.3. The van der Waals surface area contributed by atoms with E-state index in [9.17, 15) is 14.9 Å². The highest BCUT2D eigenvalue weighted by Gasteiger charge is 2.30. The first-order valence-electron chi connectivity index (χ1n) is 6.10. The summed E-state index contributed by atoms with van der Waals surface area (Å²) in [6.45, 7) is 0.673. The van der Waals surface area contributed by atoms with Crippen LogP contribution < -0.4 is 11.1 Å². The van der Waals surface area contributed by atoms with Crippen LogP contribution in [0, 0.1) is 10.1 Å². The average molecular weight is 294 g/mol. The van der Waals surface area contributed by atoms with Gasteiger partial charge in [-0.25, -0.2) is 0 Å². The van der Waals surface area contributed by atoms with Gasteiger partial charge in [-0.05, 0) is 37.2 Å². The van der Waals surface area contributed by atoms with Gasteiger partial charge in [-0.2, -0.15) is 0 Å². The van der Waals surface area contributed by atoms with Crippen molar-refractivity contribution in [1.82, 2.24) is 4.90 Å². The van der Waals surface area contributed by atoms with Crippen molar-refractivity contribution in [2.45, 2.75) is 18.9 Å². The molecule has 20 heavy (non-hydrogen) atoms. The Balaban J connectivity index is 2.04. The zero-order valence-electron chi connectivity index (χ0n) is 10.6. The average Bonchev–Trinajstić information content (AvgIpc) is 2.88. The molecule has 1 aliphatic heterocycles. The molecule has 1 saturated heterocycles. The fraction of sp³-hybridized carbons (Fsp3) is 0.333. The number of amides is 1. The van der Waals surface area contributed by atoms with Crippen LogP contribution in [0.4, 0.5) is 11.4 Å². The largest absolute Gasteiger partial charge is 0.368 e. The Morgan fingerprint density at radius 2 is 2.10 bits per heavy atom. The smallest absolute Gasteiger partial charge is 0.269 e. The van der Waals surface area contributed by atoms with Gasteiger partial charge in [0.1, 0.15) is 6.04 Å². The summed E-state index contributed by atoms with van der Waals surface area (Å²) >= 11 is 5.25. The molecule has 8 heteroatoms. The highest BCUT2D eigenvalue weighted by atomic mass is 32.1. The molecule has 0 radical (unpaired) electrons. The van der Waals surface area contributed by atoms with Crippen molar-refractivity contribution < 1.29 is 9.72 Å². The van der Waals surface area contributed by atoms with Crippen molar-refractivity contribution in [2.24, 2.45) is 5.73 Å². The van der Waals surface area contributed by atoms with Crippen LogP contribution in [0.25, 0.3) is 0 Å². The van der Waals surface area contributed by atoms with Crippen LogP contribution in [0.5, 0.6) is 0 Å². The van der Waals surface area contributed by atoms with Crippen LogP contribution in [0.2, 0.25) is 0 Å². The Morgan fingerprint density at radius 3 is 2.65 bits per heavy atom. The summed E-state index contributed by atoms with van der Waals surface area (Å²) in [4.78, 5) is 23.2. The van der Waals surface area contributed by atoms with Crippen molar-refractivity contribution in [2.75, 3.05) is 11.9 Å². The second-order valence-corrected chi connectivity index (χ2v) is 4.87. The molecular formula is C12H14N4O3S. The van der Waals surface area contributed by atoms with Gasteiger partial charge >= 0.3 is 0 Å². The number of thiocarbonyl (C=S) groups is 1. The van der Waals surface area contributed by atoms with Crippen molar-refractivity contribution in [3.05, 3.63) is 34.4 Å². The number of nitrogens with one attached hydrogen (secondary N) is 1. The van der Waals surface area contributed by atoms with Crippen LogP contribution in [-0.4, -0.2) is 33.4 Å². The van der Waals surface area contributed by atoms with Crippen molar-refractivity contribution in [3.63, 3.8) is 0 Å². The Morgan fingerprint density at radius 1 is 1.45 bits per heavy atom. The molecule has 1 heterocycles. The van der Waals surface area contributed by atoms with Gasteiger partial charge in [-0.1, -0.05) is 0 Å². The molecule has 7 nitrogen and oxygen atoms in total. The number of carbonyl (C=O) groups excluding carboxylic acids is 1. The molecule has 106 valence electrons. The van der Waals surface area contributed by atoms with E-state index in [0.717, 1.165) is 6.42 Å².